The van der Waals surface area contributed by atoms with Gasteiger partial charge >= 0.3 is 5.97 Å². The first-order valence-corrected chi connectivity index (χ1v) is 6.78. The van der Waals surface area contributed by atoms with Crippen molar-refractivity contribution >= 4 is 11.9 Å². The van der Waals surface area contributed by atoms with Gasteiger partial charge in [-0.3, -0.25) is 4.79 Å². The maximum Gasteiger partial charge on any atom is 0.332 e. The third-order valence-corrected chi connectivity index (χ3v) is 3.91. The van der Waals surface area contributed by atoms with Gasteiger partial charge in [-0.2, -0.15) is 0 Å². The molecule has 5 heteroatoms. The number of rotatable bonds is 2. The smallest absolute Gasteiger partial charge is 0.332 e. The molecule has 0 radical (unpaired) electrons. The van der Waals surface area contributed by atoms with E-state index in [-0.39, 0.29) is 11.9 Å². The van der Waals surface area contributed by atoms with Crippen LogP contribution in [0.2, 0.25) is 0 Å². The number of carbonyl (C=O) groups is 2. The number of ether oxygens (including phenoxy) is 1. The van der Waals surface area contributed by atoms with E-state index in [1.54, 1.807) is 0 Å². The van der Waals surface area contributed by atoms with Crippen LogP contribution in [0.4, 0.5) is 0 Å². The summed E-state index contributed by atoms with van der Waals surface area (Å²) >= 11 is 0. The first kappa shape index (κ1) is 13.3. The van der Waals surface area contributed by atoms with Crippen LogP contribution in [-0.4, -0.2) is 46.7 Å². The van der Waals surface area contributed by atoms with Gasteiger partial charge in [0.25, 0.3) is 5.91 Å². The minimum atomic E-state index is -0.964. The van der Waals surface area contributed by atoms with Gasteiger partial charge in [0.05, 0.1) is 0 Å². The van der Waals surface area contributed by atoms with E-state index < -0.39 is 18.2 Å². The molecule has 2 rings (SSSR count). The Bertz CT molecular complexity index is 331. The number of carboxylic acid groups (broad SMARTS) is 1. The summed E-state index contributed by atoms with van der Waals surface area (Å²) in [6.07, 6.45) is 4.00. The van der Waals surface area contributed by atoms with E-state index in [0.29, 0.717) is 12.8 Å². The molecule has 1 N–H and O–H groups in total. The standard InChI is InChI=1S/C13H21NO4/c1-9-5-3-2-4-8-14(9)12(15)10-6-7-11(18-10)13(16)17/h9-11H,2-8H2,1H3,(H,16,17). The average molecular weight is 255 g/mol. The summed E-state index contributed by atoms with van der Waals surface area (Å²) in [7, 11) is 0. The van der Waals surface area contributed by atoms with Crippen molar-refractivity contribution in [3.05, 3.63) is 0 Å². The summed E-state index contributed by atoms with van der Waals surface area (Å²) < 4.78 is 5.34. The fourth-order valence-electron chi connectivity index (χ4n) is 2.79. The number of carboxylic acids is 1. The molecule has 2 fully saturated rings. The van der Waals surface area contributed by atoms with Gasteiger partial charge in [-0.1, -0.05) is 12.8 Å². The Labute approximate surface area is 107 Å². The first-order chi connectivity index (χ1) is 8.59. The van der Waals surface area contributed by atoms with Crippen molar-refractivity contribution in [2.24, 2.45) is 0 Å². The first-order valence-electron chi connectivity index (χ1n) is 6.78. The van der Waals surface area contributed by atoms with Crippen LogP contribution in [0.1, 0.15) is 45.4 Å². The van der Waals surface area contributed by atoms with Crippen LogP contribution >= 0.6 is 0 Å². The van der Waals surface area contributed by atoms with E-state index in [2.05, 4.69) is 6.92 Å². The predicted molar refractivity (Wildman–Crippen MR) is 65.2 cm³/mol. The quantitative estimate of drug-likeness (QED) is 0.810. The van der Waals surface area contributed by atoms with Gasteiger partial charge < -0.3 is 14.7 Å². The van der Waals surface area contributed by atoms with Crippen LogP contribution in [0.15, 0.2) is 0 Å². The maximum absolute atomic E-state index is 12.3. The van der Waals surface area contributed by atoms with Gasteiger partial charge in [-0.05, 0) is 32.6 Å². The molecule has 3 atom stereocenters. The fraction of sp³-hybridized carbons (Fsp3) is 0.846. The Morgan fingerprint density at radius 3 is 2.50 bits per heavy atom. The third-order valence-electron chi connectivity index (χ3n) is 3.91. The SMILES string of the molecule is CC1CCCCCN1C(=O)C1CCC(C(=O)O)O1. The van der Waals surface area contributed by atoms with Gasteiger partial charge in [-0.15, -0.1) is 0 Å². The number of aliphatic carboxylic acids is 1. The van der Waals surface area contributed by atoms with Crippen LogP contribution in [0.3, 0.4) is 0 Å². The maximum atomic E-state index is 12.3. The molecule has 0 aromatic heterocycles. The van der Waals surface area contributed by atoms with Gasteiger partial charge in [0.15, 0.2) is 6.10 Å². The molecule has 2 aliphatic rings. The Hall–Kier alpha value is -1.10. The molecular weight excluding hydrogens is 234 g/mol. The van der Waals surface area contributed by atoms with E-state index in [1.807, 2.05) is 4.90 Å². The molecule has 5 nitrogen and oxygen atoms in total. The highest BCUT2D eigenvalue weighted by Gasteiger charge is 2.37. The number of carbonyl (C=O) groups excluding carboxylic acids is 1. The van der Waals surface area contributed by atoms with E-state index in [9.17, 15) is 9.59 Å². The highest BCUT2D eigenvalue weighted by atomic mass is 16.5. The molecule has 3 unspecified atom stereocenters. The van der Waals surface area contributed by atoms with Gasteiger partial charge in [0, 0.05) is 12.6 Å². The molecule has 2 aliphatic heterocycles. The van der Waals surface area contributed by atoms with Crippen molar-refractivity contribution in [1.82, 2.24) is 4.90 Å². The van der Waals surface area contributed by atoms with E-state index in [1.165, 1.54) is 0 Å². The fourth-order valence-corrected chi connectivity index (χ4v) is 2.79. The zero-order chi connectivity index (χ0) is 13.1. The lowest BCUT2D eigenvalue weighted by atomic mass is 10.1. The third kappa shape index (κ3) is 2.83. The molecule has 0 aromatic carbocycles. The largest absolute Gasteiger partial charge is 0.479 e. The van der Waals surface area contributed by atoms with Crippen molar-refractivity contribution in [2.75, 3.05) is 6.54 Å². The van der Waals surface area contributed by atoms with Crippen LogP contribution in [-0.2, 0) is 14.3 Å². The van der Waals surface area contributed by atoms with Crippen molar-refractivity contribution in [3.63, 3.8) is 0 Å². The molecule has 0 aliphatic carbocycles. The lowest BCUT2D eigenvalue weighted by Gasteiger charge is -2.29. The molecule has 2 heterocycles. The van der Waals surface area contributed by atoms with Gasteiger partial charge in [-0.25, -0.2) is 4.79 Å². The summed E-state index contributed by atoms with van der Waals surface area (Å²) in [5.41, 5.74) is 0. The predicted octanol–water partition coefficient (Wildman–Crippen LogP) is 1.41. The van der Waals surface area contributed by atoms with Crippen molar-refractivity contribution in [2.45, 2.75) is 63.7 Å². The number of likely N-dealkylation sites (tertiary alicyclic amines) is 1. The summed E-state index contributed by atoms with van der Waals surface area (Å²) in [6.45, 7) is 2.84. The van der Waals surface area contributed by atoms with Crippen molar-refractivity contribution in [3.8, 4) is 0 Å². The summed E-state index contributed by atoms with van der Waals surface area (Å²) in [6, 6.07) is 0.243. The van der Waals surface area contributed by atoms with Gasteiger partial charge in [0.2, 0.25) is 0 Å². The average Bonchev–Trinajstić information content (AvgIpc) is 2.73. The summed E-state index contributed by atoms with van der Waals surface area (Å²) in [4.78, 5) is 25.0. The molecule has 102 valence electrons. The van der Waals surface area contributed by atoms with E-state index in [4.69, 9.17) is 9.84 Å². The Balaban J connectivity index is 1.96. The van der Waals surface area contributed by atoms with Crippen LogP contribution in [0, 0.1) is 0 Å². The van der Waals surface area contributed by atoms with Crippen molar-refractivity contribution < 1.29 is 19.4 Å². The zero-order valence-corrected chi connectivity index (χ0v) is 10.8. The summed E-state index contributed by atoms with van der Waals surface area (Å²) in [5, 5.41) is 8.87. The molecule has 0 aromatic rings. The van der Waals surface area contributed by atoms with Crippen LogP contribution in [0.5, 0.6) is 0 Å². The number of hydrogen-bond acceptors (Lipinski definition) is 3. The second-order valence-electron chi connectivity index (χ2n) is 5.26. The normalized spacial score (nSPS) is 33.2. The lowest BCUT2D eigenvalue weighted by molar-refractivity contribution is -0.155. The topological polar surface area (TPSA) is 66.8 Å². The molecule has 1 amide bonds. The second-order valence-corrected chi connectivity index (χ2v) is 5.26. The lowest BCUT2D eigenvalue weighted by Crippen LogP contribution is -2.44. The highest BCUT2D eigenvalue weighted by molar-refractivity contribution is 5.83. The minimum Gasteiger partial charge on any atom is -0.479 e. The summed E-state index contributed by atoms with van der Waals surface area (Å²) in [5.74, 6) is -0.984. The Morgan fingerprint density at radius 2 is 1.83 bits per heavy atom. The van der Waals surface area contributed by atoms with Crippen LogP contribution < -0.4 is 0 Å². The number of nitrogens with zero attached hydrogens (tertiary/aromatic N) is 1. The highest BCUT2D eigenvalue weighted by Crippen LogP contribution is 2.24. The number of hydrogen-bond donors (Lipinski definition) is 1. The minimum absolute atomic E-state index is 0.0202. The van der Waals surface area contributed by atoms with E-state index in [0.717, 1.165) is 32.2 Å². The monoisotopic (exact) mass is 255 g/mol. The molecule has 2 saturated heterocycles. The van der Waals surface area contributed by atoms with E-state index >= 15 is 0 Å². The van der Waals surface area contributed by atoms with Gasteiger partial charge in [0.1, 0.15) is 6.10 Å². The Kier molecular flexibility index (Phi) is 4.22. The molecular formula is C13H21NO4. The molecule has 18 heavy (non-hydrogen) atoms. The molecule has 0 spiro atoms. The molecule has 0 bridgehead atoms. The second kappa shape index (κ2) is 5.69. The zero-order valence-electron chi connectivity index (χ0n) is 10.8. The van der Waals surface area contributed by atoms with Crippen LogP contribution in [0.25, 0.3) is 0 Å². The Morgan fingerprint density at radius 1 is 1.11 bits per heavy atom. The molecule has 0 saturated carbocycles. The number of amides is 1. The van der Waals surface area contributed by atoms with Crippen molar-refractivity contribution in [1.29, 1.82) is 0 Å².